The molecule has 6 N–H and O–H groups in total. The van der Waals surface area contributed by atoms with Gasteiger partial charge in [-0.05, 0) is 74.2 Å². The third-order valence-electron chi connectivity index (χ3n) is 6.10. The predicted molar refractivity (Wildman–Crippen MR) is 127 cm³/mol. The Kier molecular flexibility index (Phi) is 6.04. The molecule has 0 aliphatic carbocycles. The molecule has 0 bridgehead atoms. The summed E-state index contributed by atoms with van der Waals surface area (Å²) in [5, 5.41) is 13.1. The number of carbonyl (C=O) groups is 1. The average molecular weight is 422 g/mol. The van der Waals surface area contributed by atoms with Crippen LogP contribution in [0.5, 0.6) is 0 Å². The number of anilines is 4. The molecule has 1 atom stereocenters. The molecule has 4 rings (SSSR count). The molecule has 2 aliphatic rings. The first-order valence-electron chi connectivity index (χ1n) is 10.9. The molecular weight excluding hydrogens is 390 g/mol. The summed E-state index contributed by atoms with van der Waals surface area (Å²) in [6, 6.07) is 11.4. The Labute approximate surface area is 183 Å². The Morgan fingerprint density at radius 3 is 2.61 bits per heavy atom. The number of nitrogens with zero attached hydrogens (tertiary/aromatic N) is 2. The molecule has 7 heteroatoms. The number of piperidine rings is 1. The van der Waals surface area contributed by atoms with Gasteiger partial charge < -0.3 is 31.7 Å². The largest absolute Gasteiger partial charge is 0.510 e. The minimum absolute atomic E-state index is 0.00260. The maximum Gasteiger partial charge on any atom is 0.258 e. The van der Waals surface area contributed by atoms with Gasteiger partial charge in [-0.3, -0.25) is 4.79 Å². The second kappa shape index (κ2) is 8.89. The van der Waals surface area contributed by atoms with Gasteiger partial charge in [0.25, 0.3) is 5.91 Å². The van der Waals surface area contributed by atoms with Crippen molar-refractivity contribution < 1.29 is 9.90 Å². The molecule has 1 amide bonds. The van der Waals surface area contributed by atoms with Crippen molar-refractivity contribution in [3.8, 4) is 0 Å². The molecule has 164 valence electrons. The standard InChI is InChI=1S/C24H31N5O2/c1-16(23(30)9-10-25)27-22-8-6-19(14-21(22)26)29-15-17-13-18(5-7-20(17)24(29)31)28-11-3-2-4-12-28/h5-9,13-14,16,27,30H,2-4,10-12,15,25-26H2,1H3/b23-9-. The van der Waals surface area contributed by atoms with Gasteiger partial charge in [-0.25, -0.2) is 0 Å². The summed E-state index contributed by atoms with van der Waals surface area (Å²) in [7, 11) is 0. The van der Waals surface area contributed by atoms with Gasteiger partial charge in [0.15, 0.2) is 0 Å². The molecule has 1 fully saturated rings. The van der Waals surface area contributed by atoms with Crippen molar-refractivity contribution >= 4 is 28.7 Å². The first kappa shape index (κ1) is 21.1. The molecule has 31 heavy (non-hydrogen) atoms. The zero-order valence-electron chi connectivity index (χ0n) is 18.0. The van der Waals surface area contributed by atoms with E-state index in [0.29, 0.717) is 17.9 Å². The van der Waals surface area contributed by atoms with Gasteiger partial charge in [0.2, 0.25) is 0 Å². The van der Waals surface area contributed by atoms with Crippen LogP contribution in [0.2, 0.25) is 0 Å². The molecule has 0 radical (unpaired) electrons. The van der Waals surface area contributed by atoms with Crippen LogP contribution in [0.3, 0.4) is 0 Å². The van der Waals surface area contributed by atoms with Gasteiger partial charge >= 0.3 is 0 Å². The third-order valence-corrected chi connectivity index (χ3v) is 6.10. The van der Waals surface area contributed by atoms with E-state index in [2.05, 4.69) is 22.3 Å². The van der Waals surface area contributed by atoms with Gasteiger partial charge in [-0.2, -0.15) is 0 Å². The normalized spacial score (nSPS) is 17.6. The van der Waals surface area contributed by atoms with Crippen LogP contribution < -0.4 is 26.6 Å². The van der Waals surface area contributed by atoms with Gasteiger partial charge in [-0.1, -0.05) is 0 Å². The van der Waals surface area contributed by atoms with Gasteiger partial charge in [0.1, 0.15) is 5.76 Å². The van der Waals surface area contributed by atoms with Crippen LogP contribution in [0.25, 0.3) is 0 Å². The van der Waals surface area contributed by atoms with Gasteiger partial charge in [-0.15, -0.1) is 0 Å². The van der Waals surface area contributed by atoms with Crippen LogP contribution in [-0.4, -0.2) is 36.7 Å². The zero-order chi connectivity index (χ0) is 22.0. The van der Waals surface area contributed by atoms with E-state index in [-0.39, 0.29) is 24.3 Å². The summed E-state index contributed by atoms with van der Waals surface area (Å²) < 4.78 is 0. The molecule has 0 aromatic heterocycles. The maximum absolute atomic E-state index is 13.0. The first-order chi connectivity index (χ1) is 15.0. The molecule has 2 aromatic carbocycles. The molecule has 0 saturated carbocycles. The molecule has 2 heterocycles. The van der Waals surface area contributed by atoms with Crippen LogP contribution in [0.1, 0.15) is 42.1 Å². The molecule has 1 saturated heterocycles. The number of fused-ring (bicyclic) bond motifs is 1. The smallest absolute Gasteiger partial charge is 0.258 e. The summed E-state index contributed by atoms with van der Waals surface area (Å²) in [4.78, 5) is 17.2. The van der Waals surface area contributed by atoms with Crippen molar-refractivity contribution in [2.24, 2.45) is 5.73 Å². The molecular formula is C24H31N5O2. The van der Waals surface area contributed by atoms with Gasteiger partial charge in [0, 0.05) is 36.6 Å². The number of benzene rings is 2. The lowest BCUT2D eigenvalue weighted by Crippen LogP contribution is -2.29. The molecule has 0 spiro atoms. The number of carbonyl (C=O) groups excluding carboxylic acids is 1. The minimum atomic E-state index is -0.317. The Bertz CT molecular complexity index is 997. The summed E-state index contributed by atoms with van der Waals surface area (Å²) in [5.74, 6) is 0.165. The van der Waals surface area contributed by atoms with Gasteiger partial charge in [0.05, 0.1) is 24.0 Å². The van der Waals surface area contributed by atoms with E-state index in [1.54, 1.807) is 17.0 Å². The fraction of sp³-hybridized carbons (Fsp3) is 0.375. The number of aliphatic hydroxyl groups excluding tert-OH is 1. The predicted octanol–water partition coefficient (Wildman–Crippen LogP) is 3.62. The Balaban J connectivity index is 1.51. The number of hydrogen-bond donors (Lipinski definition) is 4. The number of rotatable bonds is 6. The topological polar surface area (TPSA) is 108 Å². The first-order valence-corrected chi connectivity index (χ1v) is 10.9. The highest BCUT2D eigenvalue weighted by molar-refractivity contribution is 6.10. The SMILES string of the molecule is CC(Nc1ccc(N2Cc3cc(N4CCCCC4)ccc3C2=O)cc1N)/C(O)=C/CN. The number of hydrogen-bond acceptors (Lipinski definition) is 6. The third kappa shape index (κ3) is 4.32. The summed E-state index contributed by atoms with van der Waals surface area (Å²) in [6.07, 6.45) is 5.29. The summed E-state index contributed by atoms with van der Waals surface area (Å²) >= 11 is 0. The second-order valence-electron chi connectivity index (χ2n) is 8.28. The highest BCUT2D eigenvalue weighted by Gasteiger charge is 2.29. The molecule has 1 unspecified atom stereocenters. The van der Waals surface area contributed by atoms with E-state index >= 15 is 0 Å². The van der Waals surface area contributed by atoms with Crippen LogP contribution in [0, 0.1) is 0 Å². The highest BCUT2D eigenvalue weighted by Crippen LogP contribution is 2.34. The summed E-state index contributed by atoms with van der Waals surface area (Å²) in [6.45, 7) is 4.79. The van der Waals surface area contributed by atoms with E-state index in [9.17, 15) is 9.90 Å². The lowest BCUT2D eigenvalue weighted by Gasteiger charge is -2.29. The van der Waals surface area contributed by atoms with Crippen molar-refractivity contribution in [2.45, 2.75) is 38.8 Å². The van der Waals surface area contributed by atoms with Crippen molar-refractivity contribution in [1.82, 2.24) is 0 Å². The Morgan fingerprint density at radius 1 is 1.16 bits per heavy atom. The van der Waals surface area contributed by atoms with E-state index in [4.69, 9.17) is 11.5 Å². The number of nitrogens with one attached hydrogen (secondary N) is 1. The molecule has 7 nitrogen and oxygen atoms in total. The van der Waals surface area contributed by atoms with E-state index in [1.165, 1.54) is 24.9 Å². The van der Waals surface area contributed by atoms with Crippen molar-refractivity contribution in [3.05, 3.63) is 59.4 Å². The van der Waals surface area contributed by atoms with Crippen LogP contribution in [0.15, 0.2) is 48.2 Å². The van der Waals surface area contributed by atoms with Crippen LogP contribution in [0.4, 0.5) is 22.7 Å². The average Bonchev–Trinajstić information content (AvgIpc) is 3.11. The minimum Gasteiger partial charge on any atom is -0.510 e. The van der Waals surface area contributed by atoms with E-state index < -0.39 is 0 Å². The number of nitrogen functional groups attached to an aromatic ring is 1. The fourth-order valence-electron chi connectivity index (χ4n) is 4.32. The van der Waals surface area contributed by atoms with Crippen LogP contribution >= 0.6 is 0 Å². The van der Waals surface area contributed by atoms with E-state index in [0.717, 1.165) is 29.9 Å². The number of amides is 1. The zero-order valence-corrected chi connectivity index (χ0v) is 18.0. The van der Waals surface area contributed by atoms with Crippen molar-refractivity contribution in [3.63, 3.8) is 0 Å². The molecule has 2 aliphatic heterocycles. The molecule has 2 aromatic rings. The Morgan fingerprint density at radius 2 is 1.90 bits per heavy atom. The maximum atomic E-state index is 13.0. The quantitative estimate of drug-likeness (QED) is 0.419. The lowest BCUT2D eigenvalue weighted by atomic mass is 10.1. The number of nitrogens with two attached hydrogens (primary N) is 2. The van der Waals surface area contributed by atoms with Crippen molar-refractivity contribution in [2.75, 3.05) is 40.5 Å². The number of aliphatic hydroxyl groups is 1. The van der Waals surface area contributed by atoms with E-state index in [1.807, 2.05) is 25.1 Å². The monoisotopic (exact) mass is 421 g/mol. The lowest BCUT2D eigenvalue weighted by molar-refractivity contribution is 0.0996. The fourth-order valence-corrected chi connectivity index (χ4v) is 4.32. The highest BCUT2D eigenvalue weighted by atomic mass is 16.3. The second-order valence-corrected chi connectivity index (χ2v) is 8.28. The van der Waals surface area contributed by atoms with Crippen LogP contribution in [-0.2, 0) is 6.54 Å². The van der Waals surface area contributed by atoms with Crippen molar-refractivity contribution in [1.29, 1.82) is 0 Å². The summed E-state index contributed by atoms with van der Waals surface area (Å²) in [5.41, 5.74) is 16.7. The Hall–Kier alpha value is -3.19.